The largest absolute Gasteiger partial charge is 0.423 e. The molecule has 2 fully saturated rings. The van der Waals surface area contributed by atoms with Gasteiger partial charge in [-0.05, 0) is 60.4 Å². The van der Waals surface area contributed by atoms with Crippen molar-refractivity contribution in [3.05, 3.63) is 45.3 Å². The molecule has 2 unspecified atom stereocenters. The number of rotatable bonds is 3. The molecule has 1 N–H and O–H groups in total. The maximum absolute atomic E-state index is 13.3. The molecular formula is C23H28N2O4. The first-order valence-corrected chi connectivity index (χ1v) is 10.4. The standard InChI is InChI=1S/C23H28N2O4/c1-13(2)17-11-18-16(10-20(26)29-19(18)9-14(17)3)12-25-21(27)23(24-22(25)28)8-6-5-7-15(23)4/h9-11,13,15H,5-8,12H2,1-4H3,(H,24,28). The monoisotopic (exact) mass is 396 g/mol. The lowest BCUT2D eigenvalue weighted by atomic mass is 9.73. The molecule has 1 saturated carbocycles. The lowest BCUT2D eigenvalue weighted by molar-refractivity contribution is -0.134. The summed E-state index contributed by atoms with van der Waals surface area (Å²) >= 11 is 0. The van der Waals surface area contributed by atoms with Gasteiger partial charge in [0.15, 0.2) is 0 Å². The molecular weight excluding hydrogens is 368 g/mol. The minimum Gasteiger partial charge on any atom is -0.423 e. The summed E-state index contributed by atoms with van der Waals surface area (Å²) in [5.74, 6) is 0.236. The van der Waals surface area contributed by atoms with Crippen LogP contribution in [-0.2, 0) is 11.3 Å². The fourth-order valence-electron chi connectivity index (χ4n) is 4.95. The fraction of sp³-hybridized carbons (Fsp3) is 0.522. The highest BCUT2D eigenvalue weighted by molar-refractivity contribution is 6.07. The lowest BCUT2D eigenvalue weighted by Crippen LogP contribution is -2.53. The van der Waals surface area contributed by atoms with Crippen molar-refractivity contribution < 1.29 is 14.0 Å². The predicted molar refractivity (Wildman–Crippen MR) is 111 cm³/mol. The molecule has 2 heterocycles. The normalized spacial score (nSPS) is 24.7. The van der Waals surface area contributed by atoms with Crippen LogP contribution in [0.4, 0.5) is 4.79 Å². The van der Waals surface area contributed by atoms with Crippen molar-refractivity contribution >= 4 is 22.9 Å². The molecule has 0 bridgehead atoms. The summed E-state index contributed by atoms with van der Waals surface area (Å²) in [7, 11) is 0. The first-order valence-electron chi connectivity index (χ1n) is 10.4. The summed E-state index contributed by atoms with van der Waals surface area (Å²) in [5.41, 5.74) is 2.06. The van der Waals surface area contributed by atoms with Gasteiger partial charge in [-0.25, -0.2) is 9.59 Å². The van der Waals surface area contributed by atoms with Crippen LogP contribution in [0.25, 0.3) is 11.0 Å². The number of nitrogens with one attached hydrogen (secondary N) is 1. The van der Waals surface area contributed by atoms with Crippen molar-refractivity contribution in [2.75, 3.05) is 0 Å². The first-order chi connectivity index (χ1) is 13.7. The molecule has 1 saturated heterocycles. The van der Waals surface area contributed by atoms with Crippen LogP contribution < -0.4 is 10.9 Å². The zero-order valence-electron chi connectivity index (χ0n) is 17.5. The van der Waals surface area contributed by atoms with E-state index in [9.17, 15) is 14.4 Å². The number of aryl methyl sites for hydroxylation is 1. The van der Waals surface area contributed by atoms with E-state index in [1.807, 2.05) is 26.0 Å². The molecule has 29 heavy (non-hydrogen) atoms. The van der Waals surface area contributed by atoms with Crippen molar-refractivity contribution in [3.63, 3.8) is 0 Å². The quantitative estimate of drug-likeness (QED) is 0.622. The number of fused-ring (bicyclic) bond motifs is 1. The summed E-state index contributed by atoms with van der Waals surface area (Å²) in [6, 6.07) is 4.91. The average molecular weight is 396 g/mol. The lowest BCUT2D eigenvalue weighted by Gasteiger charge is -2.36. The minimum absolute atomic E-state index is 0.0713. The fourth-order valence-corrected chi connectivity index (χ4v) is 4.95. The van der Waals surface area contributed by atoms with Crippen LogP contribution in [-0.4, -0.2) is 22.4 Å². The van der Waals surface area contributed by atoms with Gasteiger partial charge in [-0.1, -0.05) is 33.6 Å². The topological polar surface area (TPSA) is 79.6 Å². The molecule has 1 aromatic carbocycles. The third-order valence-corrected chi connectivity index (χ3v) is 6.67. The number of hydrogen-bond donors (Lipinski definition) is 1. The molecule has 6 heteroatoms. The molecule has 1 aromatic heterocycles. The highest BCUT2D eigenvalue weighted by atomic mass is 16.4. The molecule has 4 rings (SSSR count). The van der Waals surface area contributed by atoms with Crippen LogP contribution in [0.2, 0.25) is 0 Å². The van der Waals surface area contributed by atoms with Gasteiger partial charge in [0.05, 0.1) is 6.54 Å². The smallest absolute Gasteiger partial charge is 0.336 e. The van der Waals surface area contributed by atoms with Crippen molar-refractivity contribution in [2.45, 2.75) is 71.4 Å². The van der Waals surface area contributed by atoms with Crippen LogP contribution in [0, 0.1) is 12.8 Å². The maximum atomic E-state index is 13.3. The summed E-state index contributed by atoms with van der Waals surface area (Å²) in [4.78, 5) is 39.5. The Balaban J connectivity index is 1.76. The van der Waals surface area contributed by atoms with Gasteiger partial charge in [0.1, 0.15) is 11.1 Å². The Bertz CT molecular complexity index is 1050. The number of amides is 3. The van der Waals surface area contributed by atoms with E-state index in [1.54, 1.807) is 0 Å². The van der Waals surface area contributed by atoms with Crippen LogP contribution >= 0.6 is 0 Å². The van der Waals surface area contributed by atoms with Crippen LogP contribution in [0.1, 0.15) is 69.1 Å². The van der Waals surface area contributed by atoms with Gasteiger partial charge in [-0.15, -0.1) is 0 Å². The second kappa shape index (κ2) is 7.01. The van der Waals surface area contributed by atoms with E-state index in [-0.39, 0.29) is 24.4 Å². The number of carbonyl (C=O) groups excluding carboxylic acids is 2. The molecule has 0 radical (unpaired) electrons. The number of imide groups is 1. The molecule has 1 aliphatic carbocycles. The number of nitrogens with zero attached hydrogens (tertiary/aromatic N) is 1. The van der Waals surface area contributed by atoms with E-state index in [1.165, 1.54) is 11.0 Å². The molecule has 154 valence electrons. The molecule has 1 spiro atoms. The van der Waals surface area contributed by atoms with E-state index >= 15 is 0 Å². The highest BCUT2D eigenvalue weighted by Crippen LogP contribution is 2.39. The van der Waals surface area contributed by atoms with Crippen LogP contribution in [0.15, 0.2) is 27.4 Å². The first kappa shape index (κ1) is 19.7. The Labute approximate surface area is 170 Å². The van der Waals surface area contributed by atoms with Gasteiger partial charge < -0.3 is 9.73 Å². The SMILES string of the molecule is Cc1cc2oc(=O)cc(CN3C(=O)NC4(CCCCC4C)C3=O)c2cc1C(C)C. The predicted octanol–water partition coefficient (Wildman–Crippen LogP) is 4.23. The summed E-state index contributed by atoms with van der Waals surface area (Å²) in [6.07, 6.45) is 3.60. The van der Waals surface area contributed by atoms with E-state index in [2.05, 4.69) is 19.2 Å². The van der Waals surface area contributed by atoms with E-state index in [4.69, 9.17) is 4.42 Å². The summed E-state index contributed by atoms with van der Waals surface area (Å²) < 4.78 is 5.40. The van der Waals surface area contributed by atoms with Crippen molar-refractivity contribution in [3.8, 4) is 0 Å². The van der Waals surface area contributed by atoms with Crippen molar-refractivity contribution in [2.24, 2.45) is 5.92 Å². The molecule has 1 aliphatic heterocycles. The molecule has 2 aromatic rings. The van der Waals surface area contributed by atoms with Gasteiger partial charge in [0, 0.05) is 11.5 Å². The third kappa shape index (κ3) is 3.15. The number of hydrogen-bond acceptors (Lipinski definition) is 4. The zero-order chi connectivity index (χ0) is 20.9. The van der Waals surface area contributed by atoms with Gasteiger partial charge in [-0.3, -0.25) is 9.69 Å². The second-order valence-electron chi connectivity index (χ2n) is 8.89. The van der Waals surface area contributed by atoms with Gasteiger partial charge >= 0.3 is 11.7 Å². The van der Waals surface area contributed by atoms with Crippen LogP contribution in [0.3, 0.4) is 0 Å². The van der Waals surface area contributed by atoms with Gasteiger partial charge in [0.25, 0.3) is 5.91 Å². The Kier molecular flexibility index (Phi) is 4.75. The number of benzene rings is 1. The Morgan fingerprint density at radius 1 is 1.21 bits per heavy atom. The highest BCUT2D eigenvalue weighted by Gasteiger charge is 2.54. The molecule has 3 amide bonds. The van der Waals surface area contributed by atoms with Gasteiger partial charge in [-0.2, -0.15) is 0 Å². The average Bonchev–Trinajstić information content (AvgIpc) is 2.88. The minimum atomic E-state index is -0.801. The van der Waals surface area contributed by atoms with Crippen molar-refractivity contribution in [1.29, 1.82) is 0 Å². The summed E-state index contributed by atoms with van der Waals surface area (Å²) in [5, 5.41) is 3.75. The van der Waals surface area contributed by atoms with E-state index in [0.29, 0.717) is 23.5 Å². The zero-order valence-corrected chi connectivity index (χ0v) is 17.5. The van der Waals surface area contributed by atoms with Crippen LogP contribution in [0.5, 0.6) is 0 Å². The Morgan fingerprint density at radius 2 is 1.97 bits per heavy atom. The van der Waals surface area contributed by atoms with E-state index in [0.717, 1.165) is 35.8 Å². The Morgan fingerprint density at radius 3 is 2.66 bits per heavy atom. The summed E-state index contributed by atoms with van der Waals surface area (Å²) in [6.45, 7) is 8.32. The number of urea groups is 1. The molecule has 6 nitrogen and oxygen atoms in total. The second-order valence-corrected chi connectivity index (χ2v) is 8.89. The molecule has 2 atom stereocenters. The maximum Gasteiger partial charge on any atom is 0.336 e. The van der Waals surface area contributed by atoms with Crippen molar-refractivity contribution in [1.82, 2.24) is 10.2 Å². The Hall–Kier alpha value is -2.63. The number of carbonyl (C=O) groups is 2. The molecule has 2 aliphatic rings. The van der Waals surface area contributed by atoms with Gasteiger partial charge in [0.2, 0.25) is 0 Å². The third-order valence-electron chi connectivity index (χ3n) is 6.67. The van der Waals surface area contributed by atoms with E-state index < -0.39 is 11.2 Å².